The number of ether oxygens (including phenoxy) is 1. The molecule has 2 rings (SSSR count). The molecule has 0 fully saturated rings. The summed E-state index contributed by atoms with van der Waals surface area (Å²) >= 11 is 0. The molecule has 0 saturated carbocycles. The Hall–Kier alpha value is -1.40. The number of nitrogens with one attached hydrogen (secondary N) is 1. The summed E-state index contributed by atoms with van der Waals surface area (Å²) in [6.07, 6.45) is 0.544. The molecule has 0 radical (unpaired) electrons. The lowest BCUT2D eigenvalue weighted by Gasteiger charge is -2.22. The number of carbonyl (C=O) groups excluding carboxylic acids is 1. The van der Waals surface area contributed by atoms with E-state index in [9.17, 15) is 9.36 Å². The van der Waals surface area contributed by atoms with E-state index in [1.165, 1.54) is 11.1 Å². The van der Waals surface area contributed by atoms with Crippen LogP contribution in [0.1, 0.15) is 38.8 Å². The molecule has 1 atom stereocenters. The molecule has 8 heteroatoms. The molecule has 1 aromatic carbocycles. The van der Waals surface area contributed by atoms with Crippen molar-refractivity contribution >= 4 is 13.9 Å². The number of amides is 1. The van der Waals surface area contributed by atoms with Crippen LogP contribution in [-0.4, -0.2) is 37.6 Å². The second-order valence-corrected chi connectivity index (χ2v) is 8.65. The maximum Gasteiger partial charge on any atom is 0.475 e. The molecule has 146 valence electrons. The van der Waals surface area contributed by atoms with Crippen LogP contribution in [0.3, 0.4) is 0 Å². The van der Waals surface area contributed by atoms with Crippen LogP contribution >= 0.6 is 7.82 Å². The molecule has 0 heterocycles. The van der Waals surface area contributed by atoms with Crippen molar-refractivity contribution in [2.75, 3.05) is 19.8 Å². The number of hydrogen-bond acceptors (Lipinski definition) is 6. The van der Waals surface area contributed by atoms with E-state index in [1.54, 1.807) is 27.7 Å². The van der Waals surface area contributed by atoms with Crippen LogP contribution in [0.15, 0.2) is 24.3 Å². The lowest BCUT2D eigenvalue weighted by molar-refractivity contribution is 0.0498. The van der Waals surface area contributed by atoms with E-state index >= 15 is 0 Å². The van der Waals surface area contributed by atoms with Crippen LogP contribution in [0.4, 0.5) is 4.79 Å². The first-order valence-corrected chi connectivity index (χ1v) is 10.3. The molecule has 0 spiro atoms. The predicted molar refractivity (Wildman–Crippen MR) is 98.1 cm³/mol. The van der Waals surface area contributed by atoms with Gasteiger partial charge in [-0.05, 0) is 51.7 Å². The van der Waals surface area contributed by atoms with E-state index in [2.05, 4.69) is 5.32 Å². The van der Waals surface area contributed by atoms with Gasteiger partial charge < -0.3 is 10.1 Å². The maximum atomic E-state index is 12.8. The van der Waals surface area contributed by atoms with Crippen LogP contribution in [0.5, 0.6) is 0 Å². The molecule has 1 N–H and O–H groups in total. The largest absolute Gasteiger partial charge is 0.475 e. The normalized spacial score (nSPS) is 16.8. The molecule has 1 amide bonds. The number of phosphoric ester groups is 1. The summed E-state index contributed by atoms with van der Waals surface area (Å²) in [7, 11) is -3.69. The lowest BCUT2D eigenvalue weighted by atomic mass is 10.1. The molecule has 1 aliphatic rings. The van der Waals surface area contributed by atoms with Crippen LogP contribution in [0, 0.1) is 0 Å². The van der Waals surface area contributed by atoms with E-state index in [0.717, 1.165) is 0 Å². The molecular weight excluding hydrogens is 357 g/mol. The van der Waals surface area contributed by atoms with Gasteiger partial charge in [0.1, 0.15) is 5.60 Å². The van der Waals surface area contributed by atoms with Crippen molar-refractivity contribution in [2.24, 2.45) is 0 Å². The molecular formula is C18H28NO6P. The minimum atomic E-state index is -3.69. The first kappa shape index (κ1) is 20.9. The Bertz CT molecular complexity index is 632. The summed E-state index contributed by atoms with van der Waals surface area (Å²) in [5, 5.41) is 2.54. The number of fused-ring (bicyclic) bond motifs is 1. The molecule has 0 bridgehead atoms. The summed E-state index contributed by atoms with van der Waals surface area (Å²) in [5.41, 5.74) is 1.80. The van der Waals surface area contributed by atoms with Crippen molar-refractivity contribution in [1.29, 1.82) is 0 Å². The molecule has 1 aromatic rings. The van der Waals surface area contributed by atoms with Gasteiger partial charge in [-0.25, -0.2) is 9.36 Å². The Labute approximate surface area is 155 Å². The molecule has 26 heavy (non-hydrogen) atoms. The van der Waals surface area contributed by atoms with Gasteiger partial charge in [0.2, 0.25) is 0 Å². The second kappa shape index (κ2) is 9.00. The van der Waals surface area contributed by atoms with E-state index < -0.39 is 19.5 Å². The highest BCUT2D eigenvalue weighted by atomic mass is 31.2. The number of alkyl carbamates (subject to hydrolysis) is 1. The second-order valence-electron chi connectivity index (χ2n) is 7.03. The average Bonchev–Trinajstić information content (AvgIpc) is 2.92. The van der Waals surface area contributed by atoms with Crippen LogP contribution in [-0.2, 0) is 35.7 Å². The zero-order valence-corrected chi connectivity index (χ0v) is 16.7. The summed E-state index contributed by atoms with van der Waals surface area (Å²) in [4.78, 5) is 11.6. The molecule has 1 aliphatic carbocycles. The summed E-state index contributed by atoms with van der Waals surface area (Å²) < 4.78 is 34.2. The van der Waals surface area contributed by atoms with Gasteiger partial charge in [-0.3, -0.25) is 13.6 Å². The maximum absolute atomic E-state index is 12.8. The quantitative estimate of drug-likeness (QED) is 0.541. The molecule has 1 unspecified atom stereocenters. The average molecular weight is 385 g/mol. The Kier molecular flexibility index (Phi) is 7.24. The summed E-state index contributed by atoms with van der Waals surface area (Å²) in [6.45, 7) is 7.40. The molecule has 0 aromatic heterocycles. The monoisotopic (exact) mass is 385 g/mol. The smallest absolute Gasteiger partial charge is 0.444 e. The van der Waals surface area contributed by atoms with Crippen LogP contribution < -0.4 is 5.32 Å². The van der Waals surface area contributed by atoms with Gasteiger partial charge in [-0.1, -0.05) is 24.3 Å². The molecule has 0 saturated heterocycles. The van der Waals surface area contributed by atoms with Crippen molar-refractivity contribution in [3.8, 4) is 0 Å². The minimum Gasteiger partial charge on any atom is -0.444 e. The Balaban J connectivity index is 1.80. The fourth-order valence-electron chi connectivity index (χ4n) is 2.66. The van der Waals surface area contributed by atoms with Gasteiger partial charge >= 0.3 is 13.9 Å². The Morgan fingerprint density at radius 3 is 2.35 bits per heavy atom. The van der Waals surface area contributed by atoms with Gasteiger partial charge in [0.15, 0.2) is 0 Å². The standard InChI is InChI=1S/C18H28NO6P/c1-5-22-26(21,23-11-10-19-17(20)24-18(2,3)4)25-16-12-14-8-6-7-9-15(14)13-16/h6-9,16H,5,10-13H2,1-4H3,(H,19,20). The molecule has 0 aliphatic heterocycles. The summed E-state index contributed by atoms with van der Waals surface area (Å²) in [6, 6.07) is 8.02. The Morgan fingerprint density at radius 2 is 1.81 bits per heavy atom. The third kappa shape index (κ3) is 6.72. The van der Waals surface area contributed by atoms with Gasteiger partial charge in [0.25, 0.3) is 0 Å². The van der Waals surface area contributed by atoms with Gasteiger partial charge in [-0.15, -0.1) is 0 Å². The topological polar surface area (TPSA) is 83.1 Å². The zero-order chi connectivity index (χ0) is 19.2. The number of carbonyl (C=O) groups is 1. The van der Waals surface area contributed by atoms with Crippen molar-refractivity contribution < 1.29 is 27.7 Å². The predicted octanol–water partition coefficient (Wildman–Crippen LogP) is 3.86. The van der Waals surface area contributed by atoms with E-state index in [1.807, 2.05) is 24.3 Å². The fraction of sp³-hybridized carbons (Fsp3) is 0.611. The van der Waals surface area contributed by atoms with E-state index in [0.29, 0.717) is 12.8 Å². The van der Waals surface area contributed by atoms with Gasteiger partial charge in [0.05, 0.1) is 19.3 Å². The third-order valence-electron chi connectivity index (χ3n) is 3.60. The van der Waals surface area contributed by atoms with Gasteiger partial charge in [-0.2, -0.15) is 0 Å². The van der Waals surface area contributed by atoms with E-state index in [-0.39, 0.29) is 25.9 Å². The van der Waals surface area contributed by atoms with Crippen LogP contribution in [0.2, 0.25) is 0 Å². The third-order valence-corrected chi connectivity index (χ3v) is 5.23. The Morgan fingerprint density at radius 1 is 1.19 bits per heavy atom. The minimum absolute atomic E-state index is 0.00378. The van der Waals surface area contributed by atoms with Crippen molar-refractivity contribution in [1.82, 2.24) is 5.32 Å². The fourth-order valence-corrected chi connectivity index (χ4v) is 4.00. The highest BCUT2D eigenvalue weighted by molar-refractivity contribution is 7.48. The number of rotatable bonds is 8. The van der Waals surface area contributed by atoms with Crippen molar-refractivity contribution in [3.63, 3.8) is 0 Å². The SMILES string of the molecule is CCOP(=O)(OCCNC(=O)OC(C)(C)C)OC1Cc2ccccc2C1. The number of hydrogen-bond donors (Lipinski definition) is 1. The number of benzene rings is 1. The first-order chi connectivity index (χ1) is 12.2. The zero-order valence-electron chi connectivity index (χ0n) is 15.8. The summed E-state index contributed by atoms with van der Waals surface area (Å²) in [5.74, 6) is 0. The van der Waals surface area contributed by atoms with Gasteiger partial charge in [0, 0.05) is 6.54 Å². The van der Waals surface area contributed by atoms with E-state index in [4.69, 9.17) is 18.3 Å². The highest BCUT2D eigenvalue weighted by Crippen LogP contribution is 2.51. The number of phosphoric acid groups is 1. The lowest BCUT2D eigenvalue weighted by Crippen LogP contribution is -2.34. The van der Waals surface area contributed by atoms with Crippen LogP contribution in [0.25, 0.3) is 0 Å². The highest BCUT2D eigenvalue weighted by Gasteiger charge is 2.33. The molecule has 7 nitrogen and oxygen atoms in total. The first-order valence-electron chi connectivity index (χ1n) is 8.82. The van der Waals surface area contributed by atoms with Crippen molar-refractivity contribution in [3.05, 3.63) is 35.4 Å². The van der Waals surface area contributed by atoms with Crippen molar-refractivity contribution in [2.45, 2.75) is 52.2 Å².